The molecule has 1 aliphatic carbocycles. The van der Waals surface area contributed by atoms with Crippen LogP contribution >= 0.6 is 0 Å². The number of carbonyl (C=O) groups excluding carboxylic acids is 1. The molecule has 2 N–H and O–H groups in total. The molecule has 6 nitrogen and oxygen atoms in total. The summed E-state index contributed by atoms with van der Waals surface area (Å²) in [5, 5.41) is 9.80. The Bertz CT molecular complexity index is 709. The molecule has 26 heavy (non-hydrogen) atoms. The Morgan fingerprint density at radius 1 is 1.15 bits per heavy atom. The van der Waals surface area contributed by atoms with E-state index in [2.05, 4.69) is 20.8 Å². The van der Waals surface area contributed by atoms with Crippen molar-refractivity contribution in [3.63, 3.8) is 0 Å². The number of carbonyl (C=O) groups is 1. The number of hydrogen-bond donors (Lipinski definition) is 2. The van der Waals surface area contributed by atoms with Gasteiger partial charge < -0.3 is 15.2 Å². The molecular formula is C19H25FN4O2. The van der Waals surface area contributed by atoms with Crippen molar-refractivity contribution in [1.82, 2.24) is 20.8 Å². The molecule has 0 radical (unpaired) electrons. The maximum Gasteiger partial charge on any atom is 0.315 e. The van der Waals surface area contributed by atoms with Gasteiger partial charge in [-0.15, -0.1) is 0 Å². The van der Waals surface area contributed by atoms with Crippen LogP contribution in [0.3, 0.4) is 0 Å². The van der Waals surface area contributed by atoms with Crippen LogP contribution in [0.2, 0.25) is 0 Å². The van der Waals surface area contributed by atoms with Crippen molar-refractivity contribution in [3.8, 4) is 11.4 Å². The largest absolute Gasteiger partial charge is 0.337 e. The van der Waals surface area contributed by atoms with E-state index < -0.39 is 6.04 Å². The second-order valence-electron chi connectivity index (χ2n) is 6.84. The standard InChI is InChI=1S/C19H25FN4O2/c1-13(21-19(25)22-16-7-5-3-2-4-6-8-16)18-23-17(24-26-18)14-9-11-15(20)12-10-14/h9-13,16H,2-8H2,1H3,(H2,21,22,25)/t13-/m1/s1. The zero-order valence-corrected chi connectivity index (χ0v) is 15.0. The summed E-state index contributed by atoms with van der Waals surface area (Å²) in [5.74, 6) is 0.365. The van der Waals surface area contributed by atoms with E-state index in [4.69, 9.17) is 4.52 Å². The molecule has 0 bridgehead atoms. The molecule has 140 valence electrons. The molecule has 1 heterocycles. The van der Waals surface area contributed by atoms with E-state index in [-0.39, 0.29) is 17.9 Å². The zero-order valence-electron chi connectivity index (χ0n) is 15.0. The summed E-state index contributed by atoms with van der Waals surface area (Å²) in [6.45, 7) is 1.79. The molecule has 1 saturated carbocycles. The van der Waals surface area contributed by atoms with Gasteiger partial charge in [0, 0.05) is 11.6 Å². The highest BCUT2D eigenvalue weighted by atomic mass is 19.1. The predicted octanol–water partition coefficient (Wildman–Crippen LogP) is 4.35. The van der Waals surface area contributed by atoms with E-state index in [0.717, 1.165) is 25.7 Å². The van der Waals surface area contributed by atoms with Gasteiger partial charge in [0.25, 0.3) is 0 Å². The smallest absolute Gasteiger partial charge is 0.315 e. The van der Waals surface area contributed by atoms with E-state index >= 15 is 0 Å². The summed E-state index contributed by atoms with van der Waals surface area (Å²) < 4.78 is 18.2. The second kappa shape index (κ2) is 8.78. The number of aromatic nitrogens is 2. The van der Waals surface area contributed by atoms with Crippen LogP contribution in [0.4, 0.5) is 9.18 Å². The highest BCUT2D eigenvalue weighted by molar-refractivity contribution is 5.74. The Hall–Kier alpha value is -2.44. The molecule has 1 fully saturated rings. The molecule has 1 atom stereocenters. The van der Waals surface area contributed by atoms with Gasteiger partial charge in [-0.3, -0.25) is 0 Å². The minimum Gasteiger partial charge on any atom is -0.337 e. The summed E-state index contributed by atoms with van der Waals surface area (Å²) in [5.41, 5.74) is 0.660. The molecule has 1 aromatic heterocycles. The Labute approximate surface area is 152 Å². The average molecular weight is 360 g/mol. The number of benzene rings is 1. The molecule has 2 aromatic rings. The highest BCUT2D eigenvalue weighted by Gasteiger charge is 2.19. The van der Waals surface area contributed by atoms with Crippen LogP contribution in [0.25, 0.3) is 11.4 Å². The van der Waals surface area contributed by atoms with Gasteiger partial charge in [-0.1, -0.05) is 37.3 Å². The fourth-order valence-electron chi connectivity index (χ4n) is 3.21. The van der Waals surface area contributed by atoms with Gasteiger partial charge in [-0.2, -0.15) is 4.98 Å². The quantitative estimate of drug-likeness (QED) is 0.849. The van der Waals surface area contributed by atoms with Crippen molar-refractivity contribution in [2.24, 2.45) is 0 Å². The molecule has 0 spiro atoms. The van der Waals surface area contributed by atoms with Crippen molar-refractivity contribution in [1.29, 1.82) is 0 Å². The number of amides is 2. The maximum atomic E-state index is 13.0. The Balaban J connectivity index is 1.54. The van der Waals surface area contributed by atoms with Crippen LogP contribution in [0, 0.1) is 5.82 Å². The minimum absolute atomic E-state index is 0.218. The summed E-state index contributed by atoms with van der Waals surface area (Å²) in [6.07, 6.45) is 8.14. The minimum atomic E-state index is -0.412. The monoisotopic (exact) mass is 360 g/mol. The number of halogens is 1. The van der Waals surface area contributed by atoms with Crippen LogP contribution in [-0.2, 0) is 0 Å². The third-order valence-electron chi connectivity index (χ3n) is 4.70. The predicted molar refractivity (Wildman–Crippen MR) is 95.9 cm³/mol. The van der Waals surface area contributed by atoms with Crippen molar-refractivity contribution < 1.29 is 13.7 Å². The summed E-state index contributed by atoms with van der Waals surface area (Å²) >= 11 is 0. The van der Waals surface area contributed by atoms with Crippen LogP contribution in [0.1, 0.15) is 63.8 Å². The van der Waals surface area contributed by atoms with E-state index in [0.29, 0.717) is 17.3 Å². The fraction of sp³-hybridized carbons (Fsp3) is 0.526. The van der Waals surface area contributed by atoms with E-state index in [1.54, 1.807) is 19.1 Å². The van der Waals surface area contributed by atoms with Crippen LogP contribution in [0.5, 0.6) is 0 Å². The van der Waals surface area contributed by atoms with Gasteiger partial charge in [-0.05, 0) is 44.0 Å². The van der Waals surface area contributed by atoms with Gasteiger partial charge in [0.1, 0.15) is 11.9 Å². The Morgan fingerprint density at radius 3 is 2.50 bits per heavy atom. The molecule has 1 aromatic carbocycles. The fourth-order valence-corrected chi connectivity index (χ4v) is 3.21. The summed E-state index contributed by atoms with van der Waals surface area (Å²) in [6, 6.07) is 5.45. The first kappa shape index (κ1) is 18.4. The van der Waals surface area contributed by atoms with Crippen molar-refractivity contribution in [3.05, 3.63) is 36.0 Å². The lowest BCUT2D eigenvalue weighted by Crippen LogP contribution is -2.43. The SMILES string of the molecule is C[C@@H](NC(=O)NC1CCCCCCC1)c1nc(-c2ccc(F)cc2)no1. The first-order valence-corrected chi connectivity index (χ1v) is 9.28. The first-order chi connectivity index (χ1) is 12.6. The number of rotatable bonds is 4. The van der Waals surface area contributed by atoms with E-state index in [1.165, 1.54) is 31.4 Å². The maximum absolute atomic E-state index is 13.0. The summed E-state index contributed by atoms with van der Waals surface area (Å²) in [4.78, 5) is 16.5. The second-order valence-corrected chi connectivity index (χ2v) is 6.84. The van der Waals surface area contributed by atoms with Crippen molar-refractivity contribution in [2.45, 2.75) is 64.0 Å². The van der Waals surface area contributed by atoms with Gasteiger partial charge in [0.15, 0.2) is 0 Å². The third-order valence-corrected chi connectivity index (χ3v) is 4.70. The topological polar surface area (TPSA) is 80.0 Å². The van der Waals surface area contributed by atoms with Crippen LogP contribution in [0.15, 0.2) is 28.8 Å². The molecule has 0 unspecified atom stereocenters. The van der Waals surface area contributed by atoms with Gasteiger partial charge in [-0.25, -0.2) is 9.18 Å². The first-order valence-electron chi connectivity index (χ1n) is 9.28. The molecule has 7 heteroatoms. The van der Waals surface area contributed by atoms with Gasteiger partial charge >= 0.3 is 6.03 Å². The molecule has 2 amide bonds. The lowest BCUT2D eigenvalue weighted by Gasteiger charge is -2.22. The zero-order chi connectivity index (χ0) is 18.4. The summed E-state index contributed by atoms with van der Waals surface area (Å²) in [7, 11) is 0. The number of nitrogens with zero attached hydrogens (tertiary/aromatic N) is 2. The normalized spacial score (nSPS) is 17.2. The highest BCUT2D eigenvalue weighted by Crippen LogP contribution is 2.20. The molecule has 0 aliphatic heterocycles. The molecule has 3 rings (SSSR count). The van der Waals surface area contributed by atoms with Crippen molar-refractivity contribution >= 4 is 6.03 Å². The molecule has 0 saturated heterocycles. The van der Waals surface area contributed by atoms with Crippen LogP contribution in [-0.4, -0.2) is 22.2 Å². The van der Waals surface area contributed by atoms with E-state index in [9.17, 15) is 9.18 Å². The number of nitrogens with one attached hydrogen (secondary N) is 2. The average Bonchev–Trinajstić information content (AvgIpc) is 3.08. The third kappa shape index (κ3) is 5.03. The van der Waals surface area contributed by atoms with Gasteiger partial charge in [0.2, 0.25) is 11.7 Å². The molecular weight excluding hydrogens is 335 g/mol. The number of urea groups is 1. The number of hydrogen-bond acceptors (Lipinski definition) is 4. The Kier molecular flexibility index (Phi) is 6.20. The van der Waals surface area contributed by atoms with Gasteiger partial charge in [0.05, 0.1) is 0 Å². The lowest BCUT2D eigenvalue weighted by atomic mass is 9.97. The molecule has 1 aliphatic rings. The Morgan fingerprint density at radius 2 is 1.81 bits per heavy atom. The lowest BCUT2D eigenvalue weighted by molar-refractivity contribution is 0.227. The van der Waals surface area contributed by atoms with E-state index in [1.807, 2.05) is 0 Å². The van der Waals surface area contributed by atoms with Crippen LogP contribution < -0.4 is 10.6 Å². The van der Waals surface area contributed by atoms with Crippen molar-refractivity contribution in [2.75, 3.05) is 0 Å².